The highest BCUT2D eigenvalue weighted by Gasteiger charge is 2.33. The lowest BCUT2D eigenvalue weighted by Gasteiger charge is -2.27. The zero-order valence-corrected chi connectivity index (χ0v) is 41.5. The Morgan fingerprint density at radius 3 is 1.23 bits per heavy atom. The summed E-state index contributed by atoms with van der Waals surface area (Å²) < 4.78 is 14.8. The van der Waals surface area contributed by atoms with Crippen molar-refractivity contribution in [3.05, 3.63) is 265 Å². The summed E-state index contributed by atoms with van der Waals surface area (Å²) in [6, 6.07) is 84.2. The smallest absolute Gasteiger partial charge is 0.164 e. The fourth-order valence-electron chi connectivity index (χ4n) is 12.3. The summed E-state index contributed by atoms with van der Waals surface area (Å²) in [5.74, 6) is 1.69. The molecule has 5 heterocycles. The quantitative estimate of drug-likeness (QED) is 0.160. The molecule has 0 unspecified atom stereocenters. The van der Waals surface area contributed by atoms with Gasteiger partial charge in [0.05, 0.1) is 50.2 Å². The number of rotatable bonds is 7. The number of furan rings is 1. The van der Waals surface area contributed by atoms with Crippen molar-refractivity contribution in [1.29, 1.82) is 0 Å². The van der Waals surface area contributed by atoms with Crippen LogP contribution in [0.4, 0.5) is 0 Å². The standard InChI is InChI=1S/C70H44N6O/c1-3-23-44(24-4-1)68-71-69(45-25-5-2-6-26-45)73-70(72-68)55-43-62(74-56-36-16-9-27-46(56)47-28-10-17-37-57(47)74)65(75-58-38-18-11-29-48(58)49-30-12-19-39-59(49)75)66(76-60-40-20-13-31-50(60)51-32-14-21-41-61(51)76)64(55)54-35-8-7-34-53-52-33-15-22-42-63(52)77-67(53)54/h1-34,36-43H,35H2. The van der Waals surface area contributed by atoms with Crippen LogP contribution in [0.5, 0.6) is 0 Å². The third kappa shape index (κ3) is 6.54. The average molecular weight is 985 g/mol. The molecular formula is C70H44N6O. The predicted octanol–water partition coefficient (Wildman–Crippen LogP) is 15.8. The largest absolute Gasteiger partial charge is 0.456 e. The van der Waals surface area contributed by atoms with E-state index in [9.17, 15) is 0 Å². The van der Waals surface area contributed by atoms with E-state index in [1.807, 2.05) is 36.4 Å². The van der Waals surface area contributed by atoms with Crippen LogP contribution in [0, 0.1) is 0 Å². The van der Waals surface area contributed by atoms with Gasteiger partial charge in [-0.15, -0.1) is 0 Å². The van der Waals surface area contributed by atoms with E-state index in [1.54, 1.807) is 0 Å². The first kappa shape index (κ1) is 43.1. The molecule has 0 spiro atoms. The van der Waals surface area contributed by atoms with Gasteiger partial charge in [0.15, 0.2) is 17.5 Å². The molecular weight excluding hydrogens is 941 g/mol. The molecule has 7 heteroatoms. The van der Waals surface area contributed by atoms with Crippen molar-refractivity contribution in [3.63, 3.8) is 0 Å². The van der Waals surface area contributed by atoms with Crippen LogP contribution in [-0.2, 0) is 0 Å². The molecule has 16 rings (SSSR count). The monoisotopic (exact) mass is 984 g/mol. The van der Waals surface area contributed by atoms with Crippen molar-refractivity contribution in [1.82, 2.24) is 28.7 Å². The Bertz CT molecular complexity index is 4860. The summed E-state index contributed by atoms with van der Waals surface area (Å²) in [6.45, 7) is 0. The first-order valence-electron chi connectivity index (χ1n) is 26.2. The molecule has 5 aromatic heterocycles. The number of aromatic nitrogens is 6. The van der Waals surface area contributed by atoms with E-state index >= 15 is 0 Å². The molecule has 15 aromatic rings. The maximum Gasteiger partial charge on any atom is 0.164 e. The third-order valence-corrected chi connectivity index (χ3v) is 15.6. The number of hydrogen-bond acceptors (Lipinski definition) is 4. The summed E-state index contributed by atoms with van der Waals surface area (Å²) in [4.78, 5) is 16.6. The maximum atomic E-state index is 7.27. The van der Waals surface area contributed by atoms with E-state index in [1.165, 1.54) is 0 Å². The van der Waals surface area contributed by atoms with Gasteiger partial charge in [0.25, 0.3) is 0 Å². The molecule has 0 radical (unpaired) electrons. The van der Waals surface area contributed by atoms with Crippen molar-refractivity contribution in [3.8, 4) is 51.2 Å². The lowest BCUT2D eigenvalue weighted by atomic mass is 9.91. The Balaban J connectivity index is 1.23. The van der Waals surface area contributed by atoms with Gasteiger partial charge in [-0.3, -0.25) is 0 Å². The van der Waals surface area contributed by atoms with Crippen LogP contribution < -0.4 is 10.6 Å². The van der Waals surface area contributed by atoms with E-state index in [2.05, 4.69) is 232 Å². The van der Waals surface area contributed by atoms with Gasteiger partial charge in [-0.1, -0.05) is 206 Å². The number of hydrogen-bond donors (Lipinski definition) is 0. The fourth-order valence-corrected chi connectivity index (χ4v) is 12.3. The Morgan fingerprint density at radius 2 is 0.753 bits per heavy atom. The Morgan fingerprint density at radius 1 is 0.364 bits per heavy atom. The number of benzene rings is 10. The zero-order valence-electron chi connectivity index (χ0n) is 41.5. The topological polar surface area (TPSA) is 66.6 Å². The van der Waals surface area contributed by atoms with Gasteiger partial charge < -0.3 is 18.1 Å². The molecule has 360 valence electrons. The van der Waals surface area contributed by atoms with Crippen LogP contribution in [0.2, 0.25) is 0 Å². The molecule has 1 aliphatic rings. The van der Waals surface area contributed by atoms with Crippen LogP contribution in [0.15, 0.2) is 253 Å². The normalized spacial score (nSPS) is 12.6. The second-order valence-electron chi connectivity index (χ2n) is 19.8. The maximum absolute atomic E-state index is 7.27. The summed E-state index contributed by atoms with van der Waals surface area (Å²) >= 11 is 0. The minimum absolute atomic E-state index is 0.535. The second-order valence-corrected chi connectivity index (χ2v) is 19.8. The molecule has 0 bridgehead atoms. The summed E-state index contributed by atoms with van der Waals surface area (Å²) in [6.07, 6.45) is 7.19. The molecule has 0 amide bonds. The second kappa shape index (κ2) is 17.1. The average Bonchev–Trinajstić information content (AvgIpc) is 4.24. The van der Waals surface area contributed by atoms with E-state index < -0.39 is 0 Å². The highest BCUT2D eigenvalue weighted by Crippen LogP contribution is 2.49. The van der Waals surface area contributed by atoms with E-state index in [0.29, 0.717) is 23.9 Å². The van der Waals surface area contributed by atoms with Crippen LogP contribution in [0.1, 0.15) is 12.0 Å². The SMILES string of the molecule is C1=CCC(c2c(-c3nc(-c4ccccc4)nc(-c4ccccc4)n3)cc(-n3c4ccccc4c4ccccc43)c(-n3c4ccccc4c4ccccc43)c2-n2c3ccccc3c3ccccc32)=c2oc3ccccc3c2=C1. The lowest BCUT2D eigenvalue weighted by molar-refractivity contribution is 0.571. The molecule has 1 aliphatic carbocycles. The highest BCUT2D eigenvalue weighted by molar-refractivity contribution is 6.15. The van der Waals surface area contributed by atoms with Gasteiger partial charge in [0, 0.05) is 70.7 Å². The van der Waals surface area contributed by atoms with E-state index in [4.69, 9.17) is 19.4 Å². The van der Waals surface area contributed by atoms with Crippen molar-refractivity contribution >= 4 is 88.0 Å². The highest BCUT2D eigenvalue weighted by atomic mass is 16.3. The molecule has 7 nitrogen and oxygen atoms in total. The zero-order chi connectivity index (χ0) is 50.6. The van der Waals surface area contributed by atoms with Crippen molar-refractivity contribution in [2.24, 2.45) is 0 Å². The van der Waals surface area contributed by atoms with Crippen LogP contribution in [0.3, 0.4) is 0 Å². The first-order chi connectivity index (χ1) is 38.2. The van der Waals surface area contributed by atoms with Crippen molar-refractivity contribution in [2.75, 3.05) is 0 Å². The predicted molar refractivity (Wildman–Crippen MR) is 315 cm³/mol. The lowest BCUT2D eigenvalue weighted by Crippen LogP contribution is -2.24. The molecule has 0 aliphatic heterocycles. The molecule has 0 atom stereocenters. The molecule has 0 N–H and O–H groups in total. The van der Waals surface area contributed by atoms with Crippen LogP contribution in [-0.4, -0.2) is 28.7 Å². The van der Waals surface area contributed by atoms with Gasteiger partial charge >= 0.3 is 0 Å². The van der Waals surface area contributed by atoms with Crippen molar-refractivity contribution in [2.45, 2.75) is 6.42 Å². The number of fused-ring (bicyclic) bond motifs is 12. The number of nitrogens with zero attached hydrogens (tertiary/aromatic N) is 6. The van der Waals surface area contributed by atoms with E-state index in [0.717, 1.165) is 132 Å². The Hall–Kier alpha value is -10.4. The van der Waals surface area contributed by atoms with E-state index in [-0.39, 0.29) is 0 Å². The molecule has 10 aromatic carbocycles. The molecule has 0 saturated heterocycles. The van der Waals surface area contributed by atoms with Gasteiger partial charge in [-0.25, -0.2) is 15.0 Å². The molecule has 0 saturated carbocycles. The summed E-state index contributed by atoms with van der Waals surface area (Å²) in [5, 5.41) is 9.00. The number of para-hydroxylation sites is 7. The Labute approximate surface area is 441 Å². The van der Waals surface area contributed by atoms with Crippen molar-refractivity contribution < 1.29 is 4.42 Å². The van der Waals surface area contributed by atoms with Crippen LogP contribution >= 0.6 is 0 Å². The Kier molecular flexibility index (Phi) is 9.56. The van der Waals surface area contributed by atoms with Gasteiger partial charge in [0.1, 0.15) is 11.0 Å². The van der Waals surface area contributed by atoms with Crippen LogP contribution in [0.25, 0.3) is 139 Å². The van der Waals surface area contributed by atoms with Gasteiger partial charge in [-0.2, -0.15) is 0 Å². The van der Waals surface area contributed by atoms with Gasteiger partial charge in [-0.05, 0) is 55.0 Å². The third-order valence-electron chi connectivity index (χ3n) is 15.6. The van der Waals surface area contributed by atoms with Gasteiger partial charge in [0.2, 0.25) is 0 Å². The molecule has 77 heavy (non-hydrogen) atoms. The minimum atomic E-state index is 0.535. The molecule has 0 fully saturated rings. The summed E-state index contributed by atoms with van der Waals surface area (Å²) in [5.41, 5.74) is 15.5. The first-order valence-corrected chi connectivity index (χ1v) is 26.2. The minimum Gasteiger partial charge on any atom is -0.456 e. The summed E-state index contributed by atoms with van der Waals surface area (Å²) in [7, 11) is 0. The fraction of sp³-hybridized carbons (Fsp3) is 0.0143. The number of allylic oxidation sites excluding steroid dienone is 2.